The molecule has 1 heterocycles. The van der Waals surface area contributed by atoms with Gasteiger partial charge in [0, 0.05) is 18.2 Å². The van der Waals surface area contributed by atoms with Crippen molar-refractivity contribution < 1.29 is 9.72 Å². The predicted molar refractivity (Wildman–Crippen MR) is 66.5 cm³/mol. The fourth-order valence-corrected chi connectivity index (χ4v) is 2.70. The molecule has 0 unspecified atom stereocenters. The van der Waals surface area contributed by atoms with E-state index >= 15 is 0 Å². The van der Waals surface area contributed by atoms with Crippen LogP contribution in [0.4, 0.5) is 5.69 Å². The monoisotopic (exact) mass is 244 g/mol. The number of nitro benzene ring substituents is 1. The number of nitro groups is 1. The SMILES string of the molecule is O=C1C2=C(CNCCC2)c2cccc([N+](=O)[O-])c21. The van der Waals surface area contributed by atoms with Crippen molar-refractivity contribution in [2.45, 2.75) is 12.8 Å². The average molecular weight is 244 g/mol. The maximum absolute atomic E-state index is 12.3. The van der Waals surface area contributed by atoms with Gasteiger partial charge in [-0.3, -0.25) is 14.9 Å². The van der Waals surface area contributed by atoms with Crippen molar-refractivity contribution in [3.8, 4) is 0 Å². The molecule has 1 aromatic rings. The number of hydrogen-bond donors (Lipinski definition) is 1. The van der Waals surface area contributed by atoms with Crippen LogP contribution in [0.25, 0.3) is 5.57 Å². The third-order valence-electron chi connectivity index (χ3n) is 3.51. The number of rotatable bonds is 1. The van der Waals surface area contributed by atoms with Crippen LogP contribution in [0.3, 0.4) is 0 Å². The summed E-state index contributed by atoms with van der Waals surface area (Å²) >= 11 is 0. The summed E-state index contributed by atoms with van der Waals surface area (Å²) in [6.07, 6.45) is 1.60. The van der Waals surface area contributed by atoms with Crippen LogP contribution in [-0.4, -0.2) is 23.8 Å². The van der Waals surface area contributed by atoms with Gasteiger partial charge in [0.25, 0.3) is 5.69 Å². The summed E-state index contributed by atoms with van der Waals surface area (Å²) in [4.78, 5) is 22.8. The highest BCUT2D eigenvalue weighted by Gasteiger charge is 2.35. The molecular weight excluding hydrogens is 232 g/mol. The summed E-state index contributed by atoms with van der Waals surface area (Å²) in [5, 5.41) is 14.2. The first-order valence-electron chi connectivity index (χ1n) is 5.95. The number of carbonyl (C=O) groups is 1. The molecule has 0 spiro atoms. The molecule has 0 saturated heterocycles. The number of nitrogens with one attached hydrogen (secondary N) is 1. The number of nitrogens with zero attached hydrogens (tertiary/aromatic N) is 1. The van der Waals surface area contributed by atoms with Gasteiger partial charge < -0.3 is 5.32 Å². The van der Waals surface area contributed by atoms with Gasteiger partial charge in [0.15, 0.2) is 5.78 Å². The van der Waals surface area contributed by atoms with Crippen LogP contribution in [-0.2, 0) is 0 Å². The van der Waals surface area contributed by atoms with E-state index in [-0.39, 0.29) is 17.0 Å². The maximum Gasteiger partial charge on any atom is 0.281 e. The molecule has 0 amide bonds. The van der Waals surface area contributed by atoms with Gasteiger partial charge in [-0.05, 0) is 30.5 Å². The molecule has 92 valence electrons. The van der Waals surface area contributed by atoms with Crippen LogP contribution >= 0.6 is 0 Å². The molecule has 5 heteroatoms. The van der Waals surface area contributed by atoms with Gasteiger partial charge >= 0.3 is 0 Å². The number of ketones is 1. The Kier molecular flexibility index (Phi) is 2.48. The summed E-state index contributed by atoms with van der Waals surface area (Å²) in [6.45, 7) is 1.50. The maximum atomic E-state index is 12.3. The zero-order valence-electron chi connectivity index (χ0n) is 9.73. The van der Waals surface area contributed by atoms with Gasteiger partial charge in [-0.25, -0.2) is 0 Å². The molecule has 1 aliphatic heterocycles. The van der Waals surface area contributed by atoms with Crippen molar-refractivity contribution in [2.24, 2.45) is 0 Å². The van der Waals surface area contributed by atoms with E-state index in [1.807, 2.05) is 0 Å². The first kappa shape index (κ1) is 11.1. The Bertz CT molecular complexity index is 590. The third-order valence-corrected chi connectivity index (χ3v) is 3.51. The van der Waals surface area contributed by atoms with E-state index in [0.717, 1.165) is 29.7 Å². The van der Waals surface area contributed by atoms with Gasteiger partial charge in [0.05, 0.1) is 4.92 Å². The highest BCUT2D eigenvalue weighted by Crippen LogP contribution is 2.39. The Morgan fingerprint density at radius 3 is 2.89 bits per heavy atom. The lowest BCUT2D eigenvalue weighted by Gasteiger charge is -2.05. The lowest BCUT2D eigenvalue weighted by atomic mass is 10.0. The van der Waals surface area contributed by atoms with Gasteiger partial charge in [0.1, 0.15) is 5.56 Å². The fraction of sp³-hybridized carbons (Fsp3) is 0.308. The number of benzene rings is 1. The van der Waals surface area contributed by atoms with E-state index in [9.17, 15) is 14.9 Å². The molecule has 5 nitrogen and oxygen atoms in total. The Balaban J connectivity index is 2.19. The van der Waals surface area contributed by atoms with E-state index in [0.29, 0.717) is 13.0 Å². The average Bonchev–Trinajstić information content (AvgIpc) is 2.57. The van der Waals surface area contributed by atoms with E-state index in [4.69, 9.17) is 0 Å². The topological polar surface area (TPSA) is 72.2 Å². The smallest absolute Gasteiger partial charge is 0.281 e. The summed E-state index contributed by atoms with van der Waals surface area (Å²) < 4.78 is 0. The van der Waals surface area contributed by atoms with Crippen LogP contribution in [0.5, 0.6) is 0 Å². The van der Waals surface area contributed by atoms with Gasteiger partial charge in [-0.2, -0.15) is 0 Å². The van der Waals surface area contributed by atoms with Crippen LogP contribution in [0.1, 0.15) is 28.8 Å². The van der Waals surface area contributed by atoms with Crippen molar-refractivity contribution in [1.29, 1.82) is 0 Å². The van der Waals surface area contributed by atoms with Crippen molar-refractivity contribution in [3.05, 3.63) is 45.0 Å². The van der Waals surface area contributed by atoms with Crippen molar-refractivity contribution in [3.63, 3.8) is 0 Å². The summed E-state index contributed by atoms with van der Waals surface area (Å²) in [5.74, 6) is -0.156. The van der Waals surface area contributed by atoms with E-state index < -0.39 is 4.92 Å². The van der Waals surface area contributed by atoms with Gasteiger partial charge in [0.2, 0.25) is 0 Å². The zero-order chi connectivity index (χ0) is 12.7. The number of hydrogen-bond acceptors (Lipinski definition) is 4. The van der Waals surface area contributed by atoms with E-state index in [1.54, 1.807) is 12.1 Å². The second-order valence-electron chi connectivity index (χ2n) is 4.52. The van der Waals surface area contributed by atoms with Crippen LogP contribution < -0.4 is 5.32 Å². The lowest BCUT2D eigenvalue weighted by Crippen LogP contribution is -2.15. The minimum absolute atomic E-state index is 0.0782. The lowest BCUT2D eigenvalue weighted by molar-refractivity contribution is -0.385. The molecule has 1 aliphatic carbocycles. The third kappa shape index (κ3) is 1.48. The predicted octanol–water partition coefficient (Wildman–Crippen LogP) is 1.93. The minimum Gasteiger partial charge on any atom is -0.313 e. The summed E-state index contributed by atoms with van der Waals surface area (Å²) in [5.41, 5.74) is 2.63. The standard InChI is InChI=1S/C13H12N2O3/c16-13-9-4-2-6-14-7-10(9)8-3-1-5-11(12(8)13)15(17)18/h1,3,5,14H,2,4,6-7H2. The molecule has 0 fully saturated rings. The van der Waals surface area contributed by atoms with Gasteiger partial charge in [-0.1, -0.05) is 12.1 Å². The molecule has 0 atom stereocenters. The van der Waals surface area contributed by atoms with Crippen LogP contribution in [0.2, 0.25) is 0 Å². The van der Waals surface area contributed by atoms with Gasteiger partial charge in [-0.15, -0.1) is 0 Å². The number of Topliss-reactive ketones (excluding diaryl/α,β-unsaturated/α-hetero) is 1. The molecule has 18 heavy (non-hydrogen) atoms. The summed E-state index contributed by atoms with van der Waals surface area (Å²) in [7, 11) is 0. The molecule has 1 aromatic carbocycles. The minimum atomic E-state index is -0.476. The van der Waals surface area contributed by atoms with Crippen molar-refractivity contribution in [2.75, 3.05) is 13.1 Å². The molecule has 0 aromatic heterocycles. The first-order chi connectivity index (χ1) is 8.70. The fourth-order valence-electron chi connectivity index (χ4n) is 2.70. The second-order valence-corrected chi connectivity index (χ2v) is 4.52. The Labute approximate surface area is 104 Å². The number of allylic oxidation sites excluding steroid dienone is 1. The van der Waals surface area contributed by atoms with Crippen molar-refractivity contribution >= 4 is 17.0 Å². The quantitative estimate of drug-likeness (QED) is 0.605. The molecule has 0 saturated carbocycles. The number of carbonyl (C=O) groups excluding carboxylic acids is 1. The second kappa shape index (κ2) is 4.03. The molecule has 2 aliphatic rings. The zero-order valence-corrected chi connectivity index (χ0v) is 9.73. The van der Waals surface area contributed by atoms with Crippen LogP contribution in [0, 0.1) is 10.1 Å². The summed E-state index contributed by atoms with van der Waals surface area (Å²) in [6, 6.07) is 4.84. The molecule has 0 radical (unpaired) electrons. The first-order valence-corrected chi connectivity index (χ1v) is 5.95. The molecular formula is C13H12N2O3. The van der Waals surface area contributed by atoms with E-state index in [1.165, 1.54) is 6.07 Å². The largest absolute Gasteiger partial charge is 0.313 e. The molecule has 0 bridgehead atoms. The normalized spacial score (nSPS) is 18.3. The van der Waals surface area contributed by atoms with E-state index in [2.05, 4.69) is 5.32 Å². The Morgan fingerprint density at radius 2 is 2.11 bits per heavy atom. The van der Waals surface area contributed by atoms with Crippen molar-refractivity contribution in [1.82, 2.24) is 5.32 Å². The highest BCUT2D eigenvalue weighted by molar-refractivity contribution is 6.22. The number of fused-ring (bicyclic) bond motifs is 2. The molecule has 3 rings (SSSR count). The Morgan fingerprint density at radius 1 is 1.28 bits per heavy atom. The molecule has 1 N–H and O–H groups in total. The highest BCUT2D eigenvalue weighted by atomic mass is 16.6. The Hall–Kier alpha value is -2.01. The van der Waals surface area contributed by atoms with Crippen LogP contribution in [0.15, 0.2) is 23.8 Å².